The Kier molecular flexibility index (Phi) is 7.69. The van der Waals surface area contributed by atoms with Crippen LogP contribution in [0, 0.1) is 12.7 Å². The Bertz CT molecular complexity index is 1030. The Morgan fingerprint density at radius 3 is 2.39 bits per heavy atom. The number of ketones is 1. The first kappa shape index (κ1) is 23.2. The highest BCUT2D eigenvalue weighted by atomic mass is 32.1. The number of hydrogen-bond acceptors (Lipinski definition) is 6. The number of hydrogen-bond donors (Lipinski definition) is 4. The van der Waals surface area contributed by atoms with Crippen LogP contribution in [0.2, 0.25) is 0 Å². The average Bonchev–Trinajstić information content (AvgIpc) is 3.23. The van der Waals surface area contributed by atoms with Crippen LogP contribution in [0.3, 0.4) is 0 Å². The van der Waals surface area contributed by atoms with Gasteiger partial charge in [-0.1, -0.05) is 24.3 Å². The number of carbonyl (C=O) groups excluding carboxylic acids is 1. The third-order valence-corrected chi connectivity index (χ3v) is 6.33. The second-order valence-corrected chi connectivity index (χ2v) is 8.69. The molecule has 1 heterocycles. The molecule has 0 bridgehead atoms. The molecule has 1 aromatic heterocycles. The number of benzene rings is 2. The van der Waals surface area contributed by atoms with Gasteiger partial charge in [-0.15, -0.1) is 11.3 Å². The lowest BCUT2D eigenvalue weighted by atomic mass is 9.95. The molecule has 0 saturated heterocycles. The fourth-order valence-electron chi connectivity index (χ4n) is 3.26. The molecule has 4 N–H and O–H groups in total. The van der Waals surface area contributed by atoms with Gasteiger partial charge in [-0.2, -0.15) is 0 Å². The summed E-state index contributed by atoms with van der Waals surface area (Å²) >= 11 is 1.60. The van der Waals surface area contributed by atoms with Gasteiger partial charge in [-0.25, -0.2) is 4.39 Å². The summed E-state index contributed by atoms with van der Waals surface area (Å²) in [6.45, 7) is 1.25. The number of halogens is 1. The van der Waals surface area contributed by atoms with Crippen LogP contribution in [0.5, 0.6) is 0 Å². The van der Waals surface area contributed by atoms with E-state index in [0.717, 1.165) is 26.4 Å². The molecule has 0 fully saturated rings. The average molecular weight is 445 g/mol. The Hall–Kier alpha value is -2.42. The fourth-order valence-corrected chi connectivity index (χ4v) is 4.29. The monoisotopic (exact) mass is 444 g/mol. The number of rotatable bonds is 9. The van der Waals surface area contributed by atoms with Gasteiger partial charge in [0.05, 0.1) is 12.7 Å². The van der Waals surface area contributed by atoms with Crippen LogP contribution in [-0.2, 0) is 6.42 Å². The molecule has 0 aliphatic heterocycles. The molecule has 31 heavy (non-hydrogen) atoms. The van der Waals surface area contributed by atoms with E-state index in [0.29, 0.717) is 12.0 Å². The minimum Gasteiger partial charge on any atom is -0.394 e. The summed E-state index contributed by atoms with van der Waals surface area (Å²) < 4.78 is 13.1. The number of carbonyl (C=O) groups is 1. The largest absolute Gasteiger partial charge is 0.394 e. The van der Waals surface area contributed by atoms with Crippen LogP contribution >= 0.6 is 11.3 Å². The predicted molar refractivity (Wildman–Crippen MR) is 118 cm³/mol. The standard InChI is InChI=1S/C24H25FO5S/c1-14-2-3-16(20(27)12-21(28)24(30)22(29)13-26)10-17(14)11-19-8-9-23(31-19)15-4-6-18(25)7-5-15/h2-10,21-22,24,26,28-30H,11-13H2,1H3/t21-,22+,24-/m0/s1. The van der Waals surface area contributed by atoms with Gasteiger partial charge in [0.25, 0.3) is 0 Å². The van der Waals surface area contributed by atoms with E-state index in [-0.39, 0.29) is 18.0 Å². The highest BCUT2D eigenvalue weighted by Gasteiger charge is 2.26. The molecule has 7 heteroatoms. The number of aryl methyl sites for hydroxylation is 1. The molecule has 0 radical (unpaired) electrons. The van der Waals surface area contributed by atoms with E-state index in [1.54, 1.807) is 35.6 Å². The van der Waals surface area contributed by atoms with Gasteiger partial charge >= 0.3 is 0 Å². The van der Waals surface area contributed by atoms with Crippen molar-refractivity contribution in [2.75, 3.05) is 6.61 Å². The number of thiophene rings is 1. The van der Waals surface area contributed by atoms with Crippen molar-refractivity contribution in [1.29, 1.82) is 0 Å². The summed E-state index contributed by atoms with van der Waals surface area (Å²) in [4.78, 5) is 14.7. The Morgan fingerprint density at radius 1 is 1.00 bits per heavy atom. The predicted octanol–water partition coefficient (Wildman–Crippen LogP) is 3.10. The molecular formula is C24H25FO5S. The quantitative estimate of drug-likeness (QED) is 0.380. The molecule has 0 spiro atoms. The highest BCUT2D eigenvalue weighted by Crippen LogP contribution is 2.30. The first-order valence-electron chi connectivity index (χ1n) is 9.91. The summed E-state index contributed by atoms with van der Waals surface area (Å²) in [5.74, 6) is -0.641. The zero-order chi connectivity index (χ0) is 22.5. The zero-order valence-electron chi connectivity index (χ0n) is 17.0. The van der Waals surface area contributed by atoms with Crippen molar-refractivity contribution in [3.05, 3.63) is 82.0 Å². The molecule has 5 nitrogen and oxygen atoms in total. The molecule has 0 saturated carbocycles. The Balaban J connectivity index is 1.73. The lowest BCUT2D eigenvalue weighted by Crippen LogP contribution is -2.40. The maximum atomic E-state index is 13.1. The summed E-state index contributed by atoms with van der Waals surface area (Å²) in [6, 6.07) is 15.6. The van der Waals surface area contributed by atoms with Gasteiger partial charge in [0, 0.05) is 28.2 Å². The van der Waals surface area contributed by atoms with E-state index in [9.17, 15) is 24.5 Å². The van der Waals surface area contributed by atoms with Crippen molar-refractivity contribution in [2.24, 2.45) is 0 Å². The smallest absolute Gasteiger partial charge is 0.165 e. The van der Waals surface area contributed by atoms with Crippen molar-refractivity contribution in [1.82, 2.24) is 0 Å². The van der Waals surface area contributed by atoms with Gasteiger partial charge in [-0.3, -0.25) is 4.79 Å². The number of aliphatic hydroxyl groups excluding tert-OH is 4. The minimum atomic E-state index is -1.60. The van der Waals surface area contributed by atoms with Gasteiger partial charge in [0.15, 0.2) is 5.78 Å². The first-order valence-corrected chi connectivity index (χ1v) is 10.7. The molecule has 0 aliphatic rings. The summed E-state index contributed by atoms with van der Waals surface area (Å²) in [5, 5.41) is 38.0. The van der Waals surface area contributed by atoms with Crippen molar-refractivity contribution in [3.8, 4) is 10.4 Å². The van der Waals surface area contributed by atoms with Crippen LogP contribution in [0.25, 0.3) is 10.4 Å². The van der Waals surface area contributed by atoms with Crippen LogP contribution in [0.4, 0.5) is 4.39 Å². The van der Waals surface area contributed by atoms with Gasteiger partial charge in [0.2, 0.25) is 0 Å². The van der Waals surface area contributed by atoms with Gasteiger partial charge in [0.1, 0.15) is 18.0 Å². The zero-order valence-corrected chi connectivity index (χ0v) is 17.8. The van der Waals surface area contributed by atoms with E-state index in [1.165, 1.54) is 12.1 Å². The molecule has 0 unspecified atom stereocenters. The maximum Gasteiger partial charge on any atom is 0.165 e. The lowest BCUT2D eigenvalue weighted by Gasteiger charge is -2.21. The third-order valence-electron chi connectivity index (χ3n) is 5.20. The van der Waals surface area contributed by atoms with E-state index < -0.39 is 24.9 Å². The van der Waals surface area contributed by atoms with Crippen molar-refractivity contribution in [2.45, 2.75) is 38.1 Å². The van der Waals surface area contributed by atoms with E-state index in [2.05, 4.69) is 0 Å². The Morgan fingerprint density at radius 2 is 1.71 bits per heavy atom. The fraction of sp³-hybridized carbons (Fsp3) is 0.292. The first-order chi connectivity index (χ1) is 14.8. The maximum absolute atomic E-state index is 13.1. The summed E-state index contributed by atoms with van der Waals surface area (Å²) in [7, 11) is 0. The van der Waals surface area contributed by atoms with Crippen molar-refractivity contribution in [3.63, 3.8) is 0 Å². The van der Waals surface area contributed by atoms with Crippen LogP contribution in [0.15, 0.2) is 54.6 Å². The molecule has 164 valence electrons. The summed E-state index contributed by atoms with van der Waals surface area (Å²) in [5.41, 5.74) is 3.32. The second-order valence-electron chi connectivity index (χ2n) is 7.53. The lowest BCUT2D eigenvalue weighted by molar-refractivity contribution is -0.0754. The molecular weight excluding hydrogens is 419 g/mol. The van der Waals surface area contributed by atoms with Crippen molar-refractivity contribution < 1.29 is 29.6 Å². The molecule has 2 aromatic carbocycles. The van der Waals surface area contributed by atoms with Gasteiger partial charge < -0.3 is 20.4 Å². The number of aliphatic hydroxyl groups is 4. The topological polar surface area (TPSA) is 98.0 Å². The SMILES string of the molecule is Cc1ccc(C(=O)C[C@H](O)[C@H](O)[C@H](O)CO)cc1Cc1ccc(-c2ccc(F)cc2)s1. The molecule has 3 rings (SSSR count). The molecule has 3 atom stereocenters. The van der Waals surface area contributed by atoms with Crippen LogP contribution in [0.1, 0.15) is 32.8 Å². The van der Waals surface area contributed by atoms with Gasteiger partial charge in [-0.05, 0) is 53.9 Å². The minimum absolute atomic E-state index is 0.277. The molecule has 0 aliphatic carbocycles. The van der Waals surface area contributed by atoms with E-state index in [1.807, 2.05) is 25.1 Å². The summed E-state index contributed by atoms with van der Waals surface area (Å²) in [6.07, 6.45) is -4.34. The Labute approximate surface area is 184 Å². The third kappa shape index (κ3) is 5.84. The second kappa shape index (κ2) is 10.3. The highest BCUT2D eigenvalue weighted by molar-refractivity contribution is 7.15. The molecule has 3 aromatic rings. The molecule has 0 amide bonds. The normalized spacial score (nSPS) is 14.3. The van der Waals surface area contributed by atoms with E-state index in [4.69, 9.17) is 5.11 Å². The van der Waals surface area contributed by atoms with Crippen LogP contribution in [-0.4, -0.2) is 51.1 Å². The van der Waals surface area contributed by atoms with E-state index >= 15 is 0 Å². The number of Topliss-reactive ketones (excluding diaryl/α,β-unsaturated/α-hetero) is 1. The van der Waals surface area contributed by atoms with Crippen LogP contribution < -0.4 is 0 Å². The van der Waals surface area contributed by atoms with Crippen molar-refractivity contribution >= 4 is 17.1 Å².